The van der Waals surface area contributed by atoms with Crippen molar-refractivity contribution < 1.29 is 9.84 Å². The van der Waals surface area contributed by atoms with Gasteiger partial charge in [0.15, 0.2) is 5.75 Å². The lowest BCUT2D eigenvalue weighted by molar-refractivity contribution is -0.0223. The molecule has 5 nitrogen and oxygen atoms in total. The van der Waals surface area contributed by atoms with Gasteiger partial charge in [0.1, 0.15) is 11.3 Å². The van der Waals surface area contributed by atoms with Crippen molar-refractivity contribution >= 4 is 0 Å². The topological polar surface area (TPSA) is 50.5 Å². The zero-order chi connectivity index (χ0) is 13.5. The molecule has 2 aliphatic rings. The van der Waals surface area contributed by atoms with Crippen molar-refractivity contribution in [1.29, 1.82) is 0 Å². The summed E-state index contributed by atoms with van der Waals surface area (Å²) in [4.78, 5) is 2.43. The van der Waals surface area contributed by atoms with E-state index >= 15 is 0 Å². The van der Waals surface area contributed by atoms with Crippen molar-refractivity contribution in [1.82, 2.24) is 14.7 Å². The molecule has 2 atom stereocenters. The minimum absolute atomic E-state index is 0.220. The fraction of sp³-hybridized carbons (Fsp3) is 0.786. The van der Waals surface area contributed by atoms with E-state index in [0.717, 1.165) is 43.9 Å². The Labute approximate surface area is 114 Å². The summed E-state index contributed by atoms with van der Waals surface area (Å²) in [7, 11) is 1.65. The zero-order valence-corrected chi connectivity index (χ0v) is 11.8. The van der Waals surface area contributed by atoms with E-state index in [9.17, 15) is 5.11 Å². The fourth-order valence-corrected chi connectivity index (χ4v) is 3.75. The largest absolute Gasteiger partial charge is 0.493 e. The molecule has 3 rings (SSSR count). The number of aliphatic hydroxyl groups is 1. The molecular formula is C14H23N3O2. The Kier molecular flexibility index (Phi) is 3.27. The van der Waals surface area contributed by atoms with Crippen LogP contribution in [0.5, 0.6) is 5.75 Å². The highest BCUT2D eigenvalue weighted by Crippen LogP contribution is 2.45. The van der Waals surface area contributed by atoms with E-state index in [1.165, 1.54) is 12.8 Å². The normalized spacial score (nSPS) is 31.4. The molecule has 5 heteroatoms. The Morgan fingerprint density at radius 1 is 1.47 bits per heavy atom. The van der Waals surface area contributed by atoms with Crippen LogP contribution in [-0.4, -0.2) is 46.0 Å². The second-order valence-electron chi connectivity index (χ2n) is 5.60. The first kappa shape index (κ1) is 12.9. The van der Waals surface area contributed by atoms with E-state index in [2.05, 4.69) is 10.00 Å². The van der Waals surface area contributed by atoms with Crippen LogP contribution in [0.3, 0.4) is 0 Å². The summed E-state index contributed by atoms with van der Waals surface area (Å²) in [5.74, 6) is 0.719. The summed E-state index contributed by atoms with van der Waals surface area (Å²) in [6.45, 7) is 4.88. The van der Waals surface area contributed by atoms with Crippen LogP contribution in [0.25, 0.3) is 0 Å². The Hall–Kier alpha value is -1.07. The van der Waals surface area contributed by atoms with Crippen LogP contribution in [0.1, 0.15) is 38.3 Å². The molecule has 106 valence electrons. The van der Waals surface area contributed by atoms with Crippen molar-refractivity contribution in [3.05, 3.63) is 11.9 Å². The number of aryl methyl sites for hydroxylation is 1. The molecule has 0 aromatic carbocycles. The monoisotopic (exact) mass is 265 g/mol. The van der Waals surface area contributed by atoms with Crippen LogP contribution >= 0.6 is 0 Å². The van der Waals surface area contributed by atoms with Gasteiger partial charge in [0.2, 0.25) is 0 Å². The fourth-order valence-electron chi connectivity index (χ4n) is 3.75. The van der Waals surface area contributed by atoms with Gasteiger partial charge in [-0.15, -0.1) is 0 Å². The van der Waals surface area contributed by atoms with E-state index in [1.807, 2.05) is 11.6 Å². The first-order valence-electron chi connectivity index (χ1n) is 7.27. The zero-order valence-electron chi connectivity index (χ0n) is 11.8. The number of hydrogen-bond acceptors (Lipinski definition) is 4. The van der Waals surface area contributed by atoms with Gasteiger partial charge >= 0.3 is 0 Å². The Balaban J connectivity index is 2.02. The molecule has 0 radical (unpaired) electrons. The summed E-state index contributed by atoms with van der Waals surface area (Å²) in [6, 6.07) is 0.220. The molecule has 2 saturated heterocycles. The highest BCUT2D eigenvalue weighted by atomic mass is 16.5. The SMILES string of the molecule is CCn1ncc(OC)c1C1(O)CCN2CCCCC21. The molecule has 1 aromatic heterocycles. The van der Waals surface area contributed by atoms with E-state index in [1.54, 1.807) is 13.3 Å². The minimum atomic E-state index is -0.807. The summed E-state index contributed by atoms with van der Waals surface area (Å²) in [5, 5.41) is 15.6. The van der Waals surface area contributed by atoms with Crippen molar-refractivity contribution in [3.8, 4) is 5.75 Å². The number of methoxy groups -OCH3 is 1. The summed E-state index contributed by atoms with van der Waals surface area (Å²) < 4.78 is 7.31. The van der Waals surface area contributed by atoms with Gasteiger partial charge in [0.05, 0.1) is 13.3 Å². The lowest BCUT2D eigenvalue weighted by Crippen LogP contribution is -2.46. The van der Waals surface area contributed by atoms with Gasteiger partial charge in [0.25, 0.3) is 0 Å². The predicted molar refractivity (Wildman–Crippen MR) is 72.2 cm³/mol. The number of ether oxygens (including phenoxy) is 1. The maximum atomic E-state index is 11.3. The second kappa shape index (κ2) is 4.80. The minimum Gasteiger partial charge on any atom is -0.493 e. The van der Waals surface area contributed by atoms with Crippen LogP contribution in [0, 0.1) is 0 Å². The number of rotatable bonds is 3. The van der Waals surface area contributed by atoms with Gasteiger partial charge in [-0.3, -0.25) is 9.58 Å². The molecule has 2 fully saturated rings. The third-order valence-corrected chi connectivity index (χ3v) is 4.68. The summed E-state index contributed by atoms with van der Waals surface area (Å²) >= 11 is 0. The number of aromatic nitrogens is 2. The quantitative estimate of drug-likeness (QED) is 0.896. The molecule has 3 heterocycles. The molecular weight excluding hydrogens is 242 g/mol. The van der Waals surface area contributed by atoms with E-state index in [-0.39, 0.29) is 6.04 Å². The van der Waals surface area contributed by atoms with Crippen LogP contribution in [0.2, 0.25) is 0 Å². The number of nitrogens with zero attached hydrogens (tertiary/aromatic N) is 3. The van der Waals surface area contributed by atoms with Gasteiger partial charge < -0.3 is 9.84 Å². The molecule has 19 heavy (non-hydrogen) atoms. The van der Waals surface area contributed by atoms with Gasteiger partial charge in [0, 0.05) is 19.1 Å². The van der Waals surface area contributed by atoms with E-state index < -0.39 is 5.60 Å². The average Bonchev–Trinajstić information content (AvgIpc) is 3.01. The van der Waals surface area contributed by atoms with Gasteiger partial charge in [-0.1, -0.05) is 6.42 Å². The van der Waals surface area contributed by atoms with Gasteiger partial charge in [-0.25, -0.2) is 0 Å². The maximum absolute atomic E-state index is 11.3. The van der Waals surface area contributed by atoms with Crippen molar-refractivity contribution in [3.63, 3.8) is 0 Å². The highest BCUT2D eigenvalue weighted by Gasteiger charge is 2.51. The molecule has 1 aromatic rings. The molecule has 0 saturated carbocycles. The number of fused-ring (bicyclic) bond motifs is 1. The molecule has 2 unspecified atom stereocenters. The maximum Gasteiger partial charge on any atom is 0.163 e. The first-order valence-corrected chi connectivity index (χ1v) is 7.27. The van der Waals surface area contributed by atoms with Crippen molar-refractivity contribution in [2.45, 2.75) is 50.8 Å². The van der Waals surface area contributed by atoms with Crippen LogP contribution in [-0.2, 0) is 12.1 Å². The first-order chi connectivity index (χ1) is 9.20. The third kappa shape index (κ3) is 1.87. The smallest absolute Gasteiger partial charge is 0.163 e. The molecule has 2 aliphatic heterocycles. The molecule has 1 N–H and O–H groups in total. The standard InChI is InChI=1S/C14H23N3O2/c1-3-17-13(11(19-2)10-15-17)14(18)7-9-16-8-5-4-6-12(14)16/h10,12,18H,3-9H2,1-2H3. The molecule has 0 amide bonds. The second-order valence-corrected chi connectivity index (χ2v) is 5.60. The number of hydrogen-bond donors (Lipinski definition) is 1. The third-order valence-electron chi connectivity index (χ3n) is 4.68. The lowest BCUT2D eigenvalue weighted by atomic mass is 9.85. The van der Waals surface area contributed by atoms with Gasteiger partial charge in [-0.05, 0) is 32.7 Å². The Bertz CT molecular complexity index is 438. The molecule has 0 bridgehead atoms. The van der Waals surface area contributed by atoms with E-state index in [4.69, 9.17) is 4.74 Å². The molecule has 0 spiro atoms. The molecule has 0 aliphatic carbocycles. The lowest BCUT2D eigenvalue weighted by Gasteiger charge is -2.37. The van der Waals surface area contributed by atoms with Crippen molar-refractivity contribution in [2.75, 3.05) is 20.2 Å². The highest BCUT2D eigenvalue weighted by molar-refractivity contribution is 5.34. The van der Waals surface area contributed by atoms with E-state index in [0.29, 0.717) is 0 Å². The number of piperidine rings is 1. The van der Waals surface area contributed by atoms with Crippen LogP contribution in [0.15, 0.2) is 6.20 Å². The van der Waals surface area contributed by atoms with Gasteiger partial charge in [-0.2, -0.15) is 5.10 Å². The van der Waals surface area contributed by atoms with Crippen LogP contribution in [0.4, 0.5) is 0 Å². The van der Waals surface area contributed by atoms with Crippen LogP contribution < -0.4 is 4.74 Å². The Morgan fingerprint density at radius 2 is 2.32 bits per heavy atom. The van der Waals surface area contributed by atoms with Crippen molar-refractivity contribution in [2.24, 2.45) is 0 Å². The summed E-state index contributed by atoms with van der Waals surface area (Å²) in [6.07, 6.45) is 6.01. The predicted octanol–water partition coefficient (Wildman–Crippen LogP) is 1.36. The average molecular weight is 265 g/mol. The summed E-state index contributed by atoms with van der Waals surface area (Å²) in [5.41, 5.74) is 0.0602. The Morgan fingerprint density at radius 3 is 3.05 bits per heavy atom.